The van der Waals surface area contributed by atoms with Crippen molar-refractivity contribution >= 4 is 23.0 Å². The van der Waals surface area contributed by atoms with E-state index in [-0.39, 0.29) is 5.56 Å². The average Bonchev–Trinajstić information content (AvgIpc) is 2.67. The summed E-state index contributed by atoms with van der Waals surface area (Å²) < 4.78 is 0. The first kappa shape index (κ1) is 18.3. The lowest BCUT2D eigenvalue weighted by atomic mass is 10.1. The highest BCUT2D eigenvalue weighted by Crippen LogP contribution is 2.24. The Balaban J connectivity index is 1.76. The van der Waals surface area contributed by atoms with Crippen molar-refractivity contribution in [3.05, 3.63) is 73.8 Å². The molecule has 9 heteroatoms. The molecule has 0 atom stereocenters. The lowest BCUT2D eigenvalue weighted by molar-refractivity contribution is -0.394. The predicted molar refractivity (Wildman–Crippen MR) is 99.0 cm³/mol. The normalized spacial score (nSPS) is 14.1. The number of nitro benzene ring substituents is 2. The van der Waals surface area contributed by atoms with Crippen molar-refractivity contribution in [3.63, 3.8) is 0 Å². The molecule has 27 heavy (non-hydrogen) atoms. The number of hydrogen-bond acceptors (Lipinski definition) is 6. The molecule has 0 aliphatic carbocycles. The molecule has 2 aromatic rings. The number of carbonyl (C=O) groups is 1. The molecule has 0 saturated carbocycles. The fraction of sp³-hybridized carbons (Fsp3) is 0.278. The first-order valence-electron chi connectivity index (χ1n) is 8.40. The van der Waals surface area contributed by atoms with E-state index in [0.717, 1.165) is 29.4 Å². The summed E-state index contributed by atoms with van der Waals surface area (Å²) in [5.74, 6) is -0.439. The summed E-state index contributed by atoms with van der Waals surface area (Å²) in [7, 11) is 0. The predicted octanol–water partition coefficient (Wildman–Crippen LogP) is 2.77. The van der Waals surface area contributed by atoms with Crippen LogP contribution in [0.25, 0.3) is 0 Å². The Kier molecular flexibility index (Phi) is 5.02. The summed E-state index contributed by atoms with van der Waals surface area (Å²) in [6.07, 6.45) is 0. The molecule has 0 radical (unpaired) electrons. The van der Waals surface area contributed by atoms with E-state index in [1.165, 1.54) is 0 Å². The van der Waals surface area contributed by atoms with Crippen LogP contribution in [0, 0.1) is 27.2 Å². The number of aryl methyl sites for hydroxylation is 1. The zero-order chi connectivity index (χ0) is 19.6. The Morgan fingerprint density at radius 1 is 0.926 bits per heavy atom. The van der Waals surface area contributed by atoms with E-state index in [1.807, 2.05) is 25.1 Å². The Hall–Kier alpha value is -3.49. The van der Waals surface area contributed by atoms with Crippen molar-refractivity contribution in [2.45, 2.75) is 6.92 Å². The summed E-state index contributed by atoms with van der Waals surface area (Å²) in [5.41, 5.74) is 1.25. The molecular formula is C18H18N4O5. The van der Waals surface area contributed by atoms with Gasteiger partial charge < -0.3 is 9.80 Å². The van der Waals surface area contributed by atoms with E-state index in [1.54, 1.807) is 4.90 Å². The number of non-ortho nitro benzene ring substituents is 2. The smallest absolute Gasteiger partial charge is 0.277 e. The number of benzene rings is 2. The van der Waals surface area contributed by atoms with Crippen LogP contribution in [-0.4, -0.2) is 46.8 Å². The van der Waals surface area contributed by atoms with Gasteiger partial charge in [-0.05, 0) is 24.6 Å². The molecule has 1 fully saturated rings. The van der Waals surface area contributed by atoms with Crippen molar-refractivity contribution in [2.24, 2.45) is 0 Å². The van der Waals surface area contributed by atoms with Crippen molar-refractivity contribution < 1.29 is 14.6 Å². The highest BCUT2D eigenvalue weighted by Gasteiger charge is 2.26. The van der Waals surface area contributed by atoms with Crippen LogP contribution in [0.5, 0.6) is 0 Å². The number of nitrogens with zero attached hydrogens (tertiary/aromatic N) is 4. The van der Waals surface area contributed by atoms with E-state index >= 15 is 0 Å². The number of carbonyl (C=O) groups excluding carboxylic acids is 1. The van der Waals surface area contributed by atoms with Crippen LogP contribution in [0.15, 0.2) is 42.5 Å². The van der Waals surface area contributed by atoms with Crippen LogP contribution in [0.3, 0.4) is 0 Å². The fourth-order valence-corrected chi connectivity index (χ4v) is 3.10. The van der Waals surface area contributed by atoms with Crippen LogP contribution >= 0.6 is 0 Å². The van der Waals surface area contributed by atoms with Gasteiger partial charge in [0.05, 0.1) is 21.5 Å². The van der Waals surface area contributed by atoms with Gasteiger partial charge in [-0.25, -0.2) is 0 Å². The molecule has 140 valence electrons. The molecule has 1 saturated heterocycles. The minimum atomic E-state index is -0.737. The molecule has 0 unspecified atom stereocenters. The van der Waals surface area contributed by atoms with Gasteiger partial charge in [0, 0.05) is 44.0 Å². The van der Waals surface area contributed by atoms with Gasteiger partial charge in [0.25, 0.3) is 17.3 Å². The monoisotopic (exact) mass is 370 g/mol. The molecular weight excluding hydrogens is 352 g/mol. The van der Waals surface area contributed by atoms with Gasteiger partial charge in [0.1, 0.15) is 0 Å². The van der Waals surface area contributed by atoms with E-state index in [9.17, 15) is 25.0 Å². The van der Waals surface area contributed by atoms with Crippen LogP contribution < -0.4 is 4.90 Å². The Bertz CT molecular complexity index is 874. The average molecular weight is 370 g/mol. The SMILES string of the molecule is Cc1cccc(N2CCN(C(=O)c3cc([N+](=O)[O-])cc([N+](=O)[O-])c3)CC2)c1. The maximum atomic E-state index is 12.7. The van der Waals surface area contributed by atoms with E-state index in [0.29, 0.717) is 26.2 Å². The molecule has 1 aliphatic heterocycles. The maximum Gasteiger partial charge on any atom is 0.277 e. The summed E-state index contributed by atoms with van der Waals surface area (Å²) >= 11 is 0. The molecule has 1 amide bonds. The minimum absolute atomic E-state index is 0.0418. The zero-order valence-corrected chi connectivity index (χ0v) is 14.7. The van der Waals surface area contributed by atoms with Crippen LogP contribution in [-0.2, 0) is 0 Å². The topological polar surface area (TPSA) is 110 Å². The van der Waals surface area contributed by atoms with Crippen LogP contribution in [0.4, 0.5) is 17.1 Å². The largest absolute Gasteiger partial charge is 0.368 e. The summed E-state index contributed by atoms with van der Waals surface area (Å²) in [4.78, 5) is 37.0. The molecule has 0 spiro atoms. The Labute approximate surface area is 155 Å². The van der Waals surface area contributed by atoms with E-state index in [2.05, 4.69) is 11.0 Å². The Morgan fingerprint density at radius 2 is 1.52 bits per heavy atom. The molecule has 1 heterocycles. The van der Waals surface area contributed by atoms with Crippen molar-refractivity contribution in [2.75, 3.05) is 31.1 Å². The highest BCUT2D eigenvalue weighted by molar-refractivity contribution is 5.95. The minimum Gasteiger partial charge on any atom is -0.368 e. The van der Waals surface area contributed by atoms with Gasteiger partial charge in [0.2, 0.25) is 0 Å². The lowest BCUT2D eigenvalue weighted by Crippen LogP contribution is -2.48. The van der Waals surface area contributed by atoms with Gasteiger partial charge in [-0.3, -0.25) is 25.0 Å². The summed E-state index contributed by atoms with van der Waals surface area (Å²) in [5, 5.41) is 22.0. The van der Waals surface area contributed by atoms with Gasteiger partial charge in [-0.1, -0.05) is 12.1 Å². The van der Waals surface area contributed by atoms with Crippen molar-refractivity contribution in [1.82, 2.24) is 4.90 Å². The lowest BCUT2D eigenvalue weighted by Gasteiger charge is -2.36. The van der Waals surface area contributed by atoms with Crippen molar-refractivity contribution in [1.29, 1.82) is 0 Å². The van der Waals surface area contributed by atoms with Crippen LogP contribution in [0.2, 0.25) is 0 Å². The zero-order valence-electron chi connectivity index (χ0n) is 14.7. The van der Waals surface area contributed by atoms with E-state index < -0.39 is 27.1 Å². The third-order valence-electron chi connectivity index (χ3n) is 4.50. The number of hydrogen-bond donors (Lipinski definition) is 0. The number of amides is 1. The molecule has 0 aromatic heterocycles. The third-order valence-corrected chi connectivity index (χ3v) is 4.50. The molecule has 2 aromatic carbocycles. The second-order valence-electron chi connectivity index (χ2n) is 6.37. The first-order valence-corrected chi connectivity index (χ1v) is 8.40. The second-order valence-corrected chi connectivity index (χ2v) is 6.37. The number of anilines is 1. The molecule has 0 N–H and O–H groups in total. The second kappa shape index (κ2) is 7.40. The summed E-state index contributed by atoms with van der Waals surface area (Å²) in [6, 6.07) is 11.1. The standard InChI is InChI=1S/C18H18N4O5/c1-13-3-2-4-15(9-13)19-5-7-20(8-6-19)18(23)14-10-16(21(24)25)12-17(11-14)22(26)27/h2-4,9-12H,5-8H2,1H3. The Morgan fingerprint density at radius 3 is 2.04 bits per heavy atom. The highest BCUT2D eigenvalue weighted by atomic mass is 16.6. The van der Waals surface area contributed by atoms with Gasteiger partial charge >= 0.3 is 0 Å². The maximum absolute atomic E-state index is 12.7. The first-order chi connectivity index (χ1) is 12.8. The third kappa shape index (κ3) is 4.02. The molecule has 9 nitrogen and oxygen atoms in total. The molecule has 3 rings (SSSR count). The van der Waals surface area contributed by atoms with Crippen molar-refractivity contribution in [3.8, 4) is 0 Å². The number of piperazine rings is 1. The summed E-state index contributed by atoms with van der Waals surface area (Å²) in [6.45, 7) is 4.11. The van der Waals surface area contributed by atoms with Crippen LogP contribution in [0.1, 0.15) is 15.9 Å². The van der Waals surface area contributed by atoms with Gasteiger partial charge in [0.15, 0.2) is 0 Å². The molecule has 1 aliphatic rings. The number of nitro groups is 2. The fourth-order valence-electron chi connectivity index (χ4n) is 3.10. The number of rotatable bonds is 4. The molecule has 0 bridgehead atoms. The quantitative estimate of drug-likeness (QED) is 0.604. The van der Waals surface area contributed by atoms with Gasteiger partial charge in [-0.15, -0.1) is 0 Å². The van der Waals surface area contributed by atoms with Gasteiger partial charge in [-0.2, -0.15) is 0 Å². The van der Waals surface area contributed by atoms with E-state index in [4.69, 9.17) is 0 Å².